The zero-order valence-electron chi connectivity index (χ0n) is 6.62. The highest BCUT2D eigenvalue weighted by Gasteiger charge is 2.31. The lowest BCUT2D eigenvalue weighted by molar-refractivity contribution is -0.142. The van der Waals surface area contributed by atoms with Crippen molar-refractivity contribution in [1.82, 2.24) is 15.0 Å². The lowest BCUT2D eigenvalue weighted by atomic mass is 10.1. The van der Waals surface area contributed by atoms with Crippen LogP contribution in [0.5, 0.6) is 0 Å². The van der Waals surface area contributed by atoms with Crippen LogP contribution in [0.4, 0.5) is 0 Å². The maximum absolute atomic E-state index is 11.2. The minimum atomic E-state index is -1.00. The molecule has 0 aromatic carbocycles. The summed E-state index contributed by atoms with van der Waals surface area (Å²) in [5, 5.41) is 0. The number of carbonyl (C=O) groups excluding carboxylic acids is 3. The van der Waals surface area contributed by atoms with Gasteiger partial charge in [-0.05, 0) is 6.42 Å². The fraction of sp³-hybridized carbons (Fsp3) is 0.500. The number of carbonyl (C=O) groups is 3. The van der Waals surface area contributed by atoms with E-state index in [9.17, 15) is 14.4 Å². The predicted octanol–water partition coefficient (Wildman–Crippen LogP) is -1.28. The Morgan fingerprint density at radius 2 is 2.23 bits per heavy atom. The van der Waals surface area contributed by atoms with E-state index >= 15 is 0 Å². The summed E-state index contributed by atoms with van der Waals surface area (Å²) in [4.78, 5) is 32.0. The number of Topliss-reactive ketones (excluding diaryl/α,β-unsaturated/α-hetero) is 2. The molecule has 0 radical (unpaired) electrons. The third kappa shape index (κ3) is 2.41. The Hall–Kier alpha value is -0.630. The standard InChI is InChI=1S/C6H8BrN3O3/c7-10-4(1-2-8-9-10)6(13)5(12)3-11/h3-4,8-9H,1-2H2. The highest BCUT2D eigenvalue weighted by molar-refractivity contribution is 9.07. The Balaban J connectivity index is 2.63. The van der Waals surface area contributed by atoms with Crippen LogP contribution in [0.1, 0.15) is 6.42 Å². The van der Waals surface area contributed by atoms with Crippen LogP contribution in [0, 0.1) is 0 Å². The zero-order chi connectivity index (χ0) is 9.84. The molecule has 1 atom stereocenters. The summed E-state index contributed by atoms with van der Waals surface area (Å²) in [7, 11) is 0. The molecule has 0 spiro atoms. The SMILES string of the molecule is O=CC(=O)C(=O)C1CCNNN1Br. The Morgan fingerprint density at radius 3 is 2.77 bits per heavy atom. The molecule has 1 rings (SSSR count). The normalized spacial score (nSPS) is 23.9. The number of aldehydes is 1. The quantitative estimate of drug-likeness (QED) is 0.281. The lowest BCUT2D eigenvalue weighted by Crippen LogP contribution is -2.56. The first-order chi connectivity index (χ1) is 6.16. The van der Waals surface area contributed by atoms with Gasteiger partial charge in [0, 0.05) is 22.7 Å². The Bertz CT molecular complexity index is 245. The number of rotatable bonds is 3. The molecular formula is C6H8BrN3O3. The molecule has 6 nitrogen and oxygen atoms in total. The summed E-state index contributed by atoms with van der Waals surface area (Å²) < 4.78 is 1.29. The van der Waals surface area contributed by atoms with Gasteiger partial charge in [0.25, 0.3) is 5.78 Å². The summed E-state index contributed by atoms with van der Waals surface area (Å²) >= 11 is 3.02. The molecular weight excluding hydrogens is 242 g/mol. The van der Waals surface area contributed by atoms with Gasteiger partial charge in [-0.2, -0.15) is 9.57 Å². The maximum Gasteiger partial charge on any atom is 0.262 e. The highest BCUT2D eigenvalue weighted by atomic mass is 79.9. The first kappa shape index (κ1) is 10.5. The number of hydrazine groups is 2. The highest BCUT2D eigenvalue weighted by Crippen LogP contribution is 2.10. The molecule has 0 aromatic rings. The topological polar surface area (TPSA) is 78.5 Å². The van der Waals surface area contributed by atoms with E-state index in [0.717, 1.165) is 0 Å². The van der Waals surface area contributed by atoms with E-state index in [-0.39, 0.29) is 6.29 Å². The molecule has 0 aromatic heterocycles. The molecule has 0 aliphatic carbocycles. The van der Waals surface area contributed by atoms with Gasteiger partial charge in [-0.25, -0.2) is 5.43 Å². The molecule has 7 heteroatoms. The van der Waals surface area contributed by atoms with Crippen LogP contribution in [0.2, 0.25) is 0 Å². The van der Waals surface area contributed by atoms with Crippen LogP contribution in [0.3, 0.4) is 0 Å². The molecule has 1 aliphatic rings. The van der Waals surface area contributed by atoms with Gasteiger partial charge in [0.1, 0.15) is 6.04 Å². The smallest absolute Gasteiger partial charge is 0.262 e. The van der Waals surface area contributed by atoms with E-state index in [0.29, 0.717) is 13.0 Å². The molecule has 72 valence electrons. The van der Waals surface area contributed by atoms with Gasteiger partial charge in [-0.3, -0.25) is 14.4 Å². The number of hydrogen-bond donors (Lipinski definition) is 2. The first-order valence-electron chi connectivity index (χ1n) is 3.63. The number of halogens is 1. The molecule has 1 aliphatic heterocycles. The lowest BCUT2D eigenvalue weighted by Gasteiger charge is -2.29. The van der Waals surface area contributed by atoms with Crippen molar-refractivity contribution in [3.05, 3.63) is 0 Å². The van der Waals surface area contributed by atoms with Gasteiger partial charge >= 0.3 is 0 Å². The zero-order valence-corrected chi connectivity index (χ0v) is 8.20. The first-order valence-corrected chi connectivity index (χ1v) is 4.34. The molecule has 0 bridgehead atoms. The molecule has 1 unspecified atom stereocenters. The van der Waals surface area contributed by atoms with Crippen molar-refractivity contribution < 1.29 is 14.4 Å². The molecule has 0 saturated carbocycles. The van der Waals surface area contributed by atoms with Gasteiger partial charge in [0.05, 0.1) is 0 Å². The summed E-state index contributed by atoms with van der Waals surface area (Å²) in [6.45, 7) is 0.560. The Labute approximate surface area is 82.9 Å². The van der Waals surface area contributed by atoms with Crippen LogP contribution >= 0.6 is 16.1 Å². The van der Waals surface area contributed by atoms with Crippen LogP contribution in [0.15, 0.2) is 0 Å². The fourth-order valence-electron chi connectivity index (χ4n) is 0.988. The Morgan fingerprint density at radius 1 is 1.54 bits per heavy atom. The Kier molecular flexibility index (Phi) is 3.67. The average molecular weight is 250 g/mol. The van der Waals surface area contributed by atoms with Crippen molar-refractivity contribution in [1.29, 1.82) is 0 Å². The van der Waals surface area contributed by atoms with E-state index in [4.69, 9.17) is 0 Å². The molecule has 2 N–H and O–H groups in total. The third-order valence-corrected chi connectivity index (χ3v) is 2.33. The van der Waals surface area contributed by atoms with Crippen LogP contribution in [-0.4, -0.2) is 34.5 Å². The molecule has 13 heavy (non-hydrogen) atoms. The number of nitrogens with zero attached hydrogens (tertiary/aromatic N) is 1. The fourth-order valence-corrected chi connectivity index (χ4v) is 1.50. The van der Waals surface area contributed by atoms with Crippen molar-refractivity contribution in [3.8, 4) is 0 Å². The maximum atomic E-state index is 11.2. The number of ketones is 2. The van der Waals surface area contributed by atoms with E-state index in [1.165, 1.54) is 4.03 Å². The average Bonchev–Trinajstić information content (AvgIpc) is 2.16. The van der Waals surface area contributed by atoms with Crippen molar-refractivity contribution >= 4 is 34.0 Å². The third-order valence-electron chi connectivity index (χ3n) is 1.65. The molecule has 1 fully saturated rings. The van der Waals surface area contributed by atoms with Crippen LogP contribution in [-0.2, 0) is 14.4 Å². The number of nitrogens with one attached hydrogen (secondary N) is 2. The van der Waals surface area contributed by atoms with Gasteiger partial charge < -0.3 is 0 Å². The van der Waals surface area contributed by atoms with Gasteiger partial charge in [-0.1, -0.05) is 0 Å². The van der Waals surface area contributed by atoms with Crippen molar-refractivity contribution in [2.45, 2.75) is 12.5 Å². The van der Waals surface area contributed by atoms with Crippen LogP contribution in [0.25, 0.3) is 0 Å². The van der Waals surface area contributed by atoms with Crippen molar-refractivity contribution in [3.63, 3.8) is 0 Å². The van der Waals surface area contributed by atoms with Crippen molar-refractivity contribution in [2.75, 3.05) is 6.54 Å². The van der Waals surface area contributed by atoms with E-state index < -0.39 is 17.6 Å². The van der Waals surface area contributed by atoms with Crippen molar-refractivity contribution in [2.24, 2.45) is 0 Å². The van der Waals surface area contributed by atoms with E-state index in [1.807, 2.05) is 0 Å². The molecule has 1 heterocycles. The molecule has 0 amide bonds. The van der Waals surface area contributed by atoms with E-state index in [2.05, 4.69) is 27.1 Å². The predicted molar refractivity (Wildman–Crippen MR) is 46.4 cm³/mol. The minimum absolute atomic E-state index is 0.0329. The van der Waals surface area contributed by atoms with Gasteiger partial charge in [0.15, 0.2) is 6.29 Å². The summed E-state index contributed by atoms with van der Waals surface area (Å²) in [6, 6.07) is -0.626. The number of hydrogen-bond acceptors (Lipinski definition) is 6. The summed E-state index contributed by atoms with van der Waals surface area (Å²) in [5.74, 6) is -1.71. The monoisotopic (exact) mass is 249 g/mol. The second-order valence-electron chi connectivity index (χ2n) is 2.50. The minimum Gasteiger partial charge on any atom is -0.294 e. The summed E-state index contributed by atoms with van der Waals surface area (Å²) in [6.07, 6.45) is 0.502. The van der Waals surface area contributed by atoms with Crippen LogP contribution < -0.4 is 11.0 Å². The van der Waals surface area contributed by atoms with E-state index in [1.54, 1.807) is 0 Å². The van der Waals surface area contributed by atoms with Gasteiger partial charge in [-0.15, -0.1) is 0 Å². The summed E-state index contributed by atoms with van der Waals surface area (Å²) in [5.41, 5.74) is 5.36. The second kappa shape index (κ2) is 4.56. The largest absolute Gasteiger partial charge is 0.294 e. The second-order valence-corrected chi connectivity index (χ2v) is 3.26. The van der Waals surface area contributed by atoms with Gasteiger partial charge in [0.2, 0.25) is 5.78 Å². The molecule has 1 saturated heterocycles.